The number of nitrogens with one attached hydrogen (secondary N) is 1. The van der Waals surface area contributed by atoms with Gasteiger partial charge in [0.15, 0.2) is 0 Å². The molecule has 3 rings (SSSR count). The van der Waals surface area contributed by atoms with Crippen molar-refractivity contribution in [3.8, 4) is 0 Å². The first-order valence-corrected chi connectivity index (χ1v) is 7.63. The number of halogens is 3. The third-order valence-electron chi connectivity index (χ3n) is 3.58. The Hall–Kier alpha value is -1.84. The minimum atomic E-state index is -0.290. The van der Waals surface area contributed by atoms with E-state index < -0.39 is 0 Å². The zero-order valence-electron chi connectivity index (χ0n) is 11.8. The lowest BCUT2D eigenvalue weighted by molar-refractivity contribution is 0.637. The normalized spacial score (nSPS) is 12.1. The largest absolute Gasteiger partial charge is 0.278 e. The van der Waals surface area contributed by atoms with Crippen molar-refractivity contribution < 1.29 is 4.39 Å². The van der Waals surface area contributed by atoms with Gasteiger partial charge in [0.1, 0.15) is 5.82 Å². The lowest BCUT2D eigenvalue weighted by Crippen LogP contribution is -1.88. The Balaban J connectivity index is 2.12. The van der Waals surface area contributed by atoms with Gasteiger partial charge < -0.3 is 0 Å². The predicted octanol–water partition coefficient (Wildman–Crippen LogP) is 5.96. The maximum atomic E-state index is 14.5. The molecule has 1 N–H and O–H groups in total. The molecule has 1 aromatic heterocycles. The van der Waals surface area contributed by atoms with Crippen molar-refractivity contribution in [1.82, 2.24) is 10.2 Å². The molecule has 0 fully saturated rings. The Morgan fingerprint density at radius 2 is 2.09 bits per heavy atom. The lowest BCUT2D eigenvalue weighted by Gasteiger charge is -2.09. The molecule has 0 bridgehead atoms. The number of hydrogen-bond donors (Lipinski definition) is 1. The van der Waals surface area contributed by atoms with E-state index in [-0.39, 0.29) is 5.82 Å². The molecule has 2 aromatic carbocycles. The van der Waals surface area contributed by atoms with Crippen LogP contribution in [-0.4, -0.2) is 10.2 Å². The zero-order chi connectivity index (χ0) is 15.7. The van der Waals surface area contributed by atoms with Crippen LogP contribution in [0.3, 0.4) is 0 Å². The van der Waals surface area contributed by atoms with E-state index in [9.17, 15) is 4.39 Å². The molecule has 0 atom stereocenters. The van der Waals surface area contributed by atoms with Crippen LogP contribution in [-0.2, 0) is 0 Å². The minimum absolute atomic E-state index is 0.290. The second-order valence-corrected chi connectivity index (χ2v) is 5.79. The molecule has 22 heavy (non-hydrogen) atoms. The number of aromatic nitrogens is 2. The van der Waals surface area contributed by atoms with Gasteiger partial charge in [-0.2, -0.15) is 5.10 Å². The minimum Gasteiger partial charge on any atom is -0.278 e. The summed E-state index contributed by atoms with van der Waals surface area (Å²) in [7, 11) is 0. The van der Waals surface area contributed by atoms with Crippen molar-refractivity contribution in [3.63, 3.8) is 0 Å². The molecule has 0 amide bonds. The summed E-state index contributed by atoms with van der Waals surface area (Å²) in [6, 6.07) is 8.87. The molecule has 1 heterocycles. The van der Waals surface area contributed by atoms with Crippen LogP contribution >= 0.6 is 23.2 Å². The molecule has 0 aliphatic carbocycles. The van der Waals surface area contributed by atoms with Gasteiger partial charge in [-0.1, -0.05) is 36.2 Å². The fourth-order valence-corrected chi connectivity index (χ4v) is 2.95. The van der Waals surface area contributed by atoms with Crippen LogP contribution in [0.2, 0.25) is 10.0 Å². The number of H-pyrrole nitrogens is 1. The highest BCUT2D eigenvalue weighted by atomic mass is 35.5. The van der Waals surface area contributed by atoms with Crippen LogP contribution in [0.15, 0.2) is 36.5 Å². The van der Waals surface area contributed by atoms with E-state index in [1.807, 2.05) is 25.1 Å². The van der Waals surface area contributed by atoms with Gasteiger partial charge in [-0.3, -0.25) is 5.10 Å². The first-order valence-electron chi connectivity index (χ1n) is 6.87. The van der Waals surface area contributed by atoms with E-state index in [0.29, 0.717) is 26.5 Å². The van der Waals surface area contributed by atoms with Crippen LogP contribution in [0.5, 0.6) is 0 Å². The molecule has 0 aliphatic heterocycles. The molecular formula is C17H13Cl2FN2. The topological polar surface area (TPSA) is 28.7 Å². The quantitative estimate of drug-likeness (QED) is 0.588. The summed E-state index contributed by atoms with van der Waals surface area (Å²) >= 11 is 12.2. The summed E-state index contributed by atoms with van der Waals surface area (Å²) in [5.74, 6) is -0.290. The second-order valence-electron chi connectivity index (χ2n) is 4.95. The Bertz CT molecular complexity index is 868. The number of hydrogen-bond acceptors (Lipinski definition) is 1. The average molecular weight is 335 g/mol. The fraction of sp³-hybridized carbons (Fsp3) is 0.118. The highest BCUT2D eigenvalue weighted by Gasteiger charge is 2.10. The molecule has 0 radical (unpaired) electrons. The number of fused-ring (bicyclic) bond motifs is 1. The van der Waals surface area contributed by atoms with Crippen molar-refractivity contribution in [2.45, 2.75) is 13.3 Å². The Morgan fingerprint density at radius 3 is 2.82 bits per heavy atom. The molecular weight excluding hydrogens is 322 g/mol. The summed E-state index contributed by atoms with van der Waals surface area (Å²) in [6.07, 6.45) is 4.03. The molecule has 0 saturated heterocycles. The third-order valence-corrected chi connectivity index (χ3v) is 4.12. The summed E-state index contributed by atoms with van der Waals surface area (Å²) in [6.45, 7) is 2.01. The van der Waals surface area contributed by atoms with E-state index in [2.05, 4.69) is 10.2 Å². The Morgan fingerprint density at radius 1 is 1.27 bits per heavy atom. The SMILES string of the molecule is CC/C(=C\c1ccc2[nH]ncc2c1F)c1ccc(Cl)cc1Cl. The second kappa shape index (κ2) is 6.11. The van der Waals surface area contributed by atoms with Crippen LogP contribution in [0, 0.1) is 5.82 Å². The van der Waals surface area contributed by atoms with Crippen molar-refractivity contribution in [2.24, 2.45) is 0 Å². The van der Waals surface area contributed by atoms with Gasteiger partial charge >= 0.3 is 0 Å². The van der Waals surface area contributed by atoms with Crippen LogP contribution < -0.4 is 0 Å². The van der Waals surface area contributed by atoms with Gasteiger partial charge in [-0.05, 0) is 47.9 Å². The molecule has 5 heteroatoms. The third kappa shape index (κ3) is 2.74. The average Bonchev–Trinajstić information content (AvgIpc) is 2.97. The number of rotatable bonds is 3. The molecule has 3 aromatic rings. The summed E-state index contributed by atoms with van der Waals surface area (Å²) < 4.78 is 14.5. The molecule has 0 unspecified atom stereocenters. The molecule has 0 spiro atoms. The summed E-state index contributed by atoms with van der Waals surface area (Å²) in [5.41, 5.74) is 3.00. The number of allylic oxidation sites excluding steroid dienone is 1. The van der Waals surface area contributed by atoms with Gasteiger partial charge in [0, 0.05) is 15.6 Å². The predicted molar refractivity (Wildman–Crippen MR) is 90.7 cm³/mol. The smallest absolute Gasteiger partial charge is 0.141 e. The Kier molecular flexibility index (Phi) is 4.19. The van der Waals surface area contributed by atoms with Gasteiger partial charge in [-0.25, -0.2) is 4.39 Å². The van der Waals surface area contributed by atoms with Crippen molar-refractivity contribution in [3.05, 3.63) is 63.5 Å². The van der Waals surface area contributed by atoms with E-state index in [1.54, 1.807) is 18.2 Å². The number of aromatic amines is 1. The molecule has 112 valence electrons. The molecule has 0 saturated carbocycles. The zero-order valence-corrected chi connectivity index (χ0v) is 13.3. The van der Waals surface area contributed by atoms with Crippen LogP contribution in [0.25, 0.3) is 22.6 Å². The highest BCUT2D eigenvalue weighted by molar-refractivity contribution is 6.35. The van der Waals surface area contributed by atoms with Gasteiger partial charge in [0.05, 0.1) is 17.1 Å². The van der Waals surface area contributed by atoms with Gasteiger partial charge in [-0.15, -0.1) is 0 Å². The standard InChI is InChI=1S/C17H13Cl2FN2/c1-2-10(13-5-4-12(18)8-15(13)19)7-11-3-6-16-14(17(11)20)9-21-22-16/h3-9H,2H2,1H3,(H,21,22)/b10-7+. The highest BCUT2D eigenvalue weighted by Crippen LogP contribution is 2.31. The van der Waals surface area contributed by atoms with Crippen molar-refractivity contribution in [1.29, 1.82) is 0 Å². The van der Waals surface area contributed by atoms with Crippen molar-refractivity contribution >= 4 is 45.8 Å². The van der Waals surface area contributed by atoms with Crippen LogP contribution in [0.1, 0.15) is 24.5 Å². The number of nitrogens with zero attached hydrogens (tertiary/aromatic N) is 1. The van der Waals surface area contributed by atoms with E-state index in [1.165, 1.54) is 6.20 Å². The first-order chi connectivity index (χ1) is 10.6. The summed E-state index contributed by atoms with van der Waals surface area (Å²) in [4.78, 5) is 0. The van der Waals surface area contributed by atoms with Crippen molar-refractivity contribution in [2.75, 3.05) is 0 Å². The van der Waals surface area contributed by atoms with Gasteiger partial charge in [0.25, 0.3) is 0 Å². The fourth-order valence-electron chi connectivity index (χ4n) is 2.42. The number of benzene rings is 2. The van der Waals surface area contributed by atoms with E-state index >= 15 is 0 Å². The Labute approximate surface area is 137 Å². The maximum Gasteiger partial charge on any atom is 0.141 e. The van der Waals surface area contributed by atoms with Gasteiger partial charge in [0.2, 0.25) is 0 Å². The molecule has 0 aliphatic rings. The molecule has 2 nitrogen and oxygen atoms in total. The first kappa shape index (κ1) is 15.1. The maximum absolute atomic E-state index is 14.5. The lowest BCUT2D eigenvalue weighted by atomic mass is 9.99. The van der Waals surface area contributed by atoms with Crippen LogP contribution in [0.4, 0.5) is 4.39 Å². The van der Waals surface area contributed by atoms with E-state index in [4.69, 9.17) is 23.2 Å². The van der Waals surface area contributed by atoms with E-state index in [0.717, 1.165) is 17.6 Å². The monoisotopic (exact) mass is 334 g/mol. The summed E-state index contributed by atoms with van der Waals surface area (Å²) in [5, 5.41) is 8.24.